The van der Waals surface area contributed by atoms with Crippen molar-refractivity contribution in [2.24, 2.45) is 5.92 Å². The minimum atomic E-state index is -4.77. The summed E-state index contributed by atoms with van der Waals surface area (Å²) < 4.78 is 64.6. The number of hydrogen-bond acceptors (Lipinski definition) is 10. The fraction of sp³-hybridized carbons (Fsp3) is 0.667. The minimum Gasteiger partial charge on any atom is -0.379 e. The SMILES string of the molecule is CC(C)(C)S(=O)(=O)N[C@@H](Cc1ccccc1)C(=O)N[C@@H](Cc1cnc[nH]1)C(=O)N[C@@H](CC1CCCCC1)C(O)(O)C(F)(F)C(=O)NCCN1CCOCC1. The molecule has 2 aliphatic rings. The maximum Gasteiger partial charge on any atom is 0.378 e. The first-order valence-electron chi connectivity index (χ1n) is 18.5. The van der Waals surface area contributed by atoms with Crippen molar-refractivity contribution in [3.8, 4) is 0 Å². The van der Waals surface area contributed by atoms with E-state index >= 15 is 8.78 Å². The van der Waals surface area contributed by atoms with E-state index in [1.165, 1.54) is 33.3 Å². The Morgan fingerprint density at radius 3 is 2.24 bits per heavy atom. The smallest absolute Gasteiger partial charge is 0.378 e. The lowest BCUT2D eigenvalue weighted by Crippen LogP contribution is -2.68. The molecule has 3 atom stereocenters. The molecule has 18 heteroatoms. The summed E-state index contributed by atoms with van der Waals surface area (Å²) in [5.74, 6) is -12.9. The van der Waals surface area contributed by atoms with E-state index in [-0.39, 0.29) is 38.3 Å². The van der Waals surface area contributed by atoms with Crippen LogP contribution in [0.5, 0.6) is 0 Å². The van der Waals surface area contributed by atoms with E-state index in [1.807, 2.05) is 4.90 Å². The van der Waals surface area contributed by atoms with Crippen molar-refractivity contribution in [3.05, 3.63) is 54.1 Å². The van der Waals surface area contributed by atoms with Crippen molar-refractivity contribution >= 4 is 27.7 Å². The lowest BCUT2D eigenvalue weighted by molar-refractivity contribution is -0.297. The number of nitrogens with one attached hydrogen (secondary N) is 5. The minimum absolute atomic E-state index is 0.0893. The number of halogens is 2. The molecule has 1 saturated heterocycles. The van der Waals surface area contributed by atoms with E-state index in [2.05, 4.69) is 30.6 Å². The van der Waals surface area contributed by atoms with Crippen molar-refractivity contribution in [2.45, 2.75) is 107 Å². The molecular weight excluding hydrogens is 729 g/mol. The number of morpholine rings is 1. The van der Waals surface area contributed by atoms with Crippen LogP contribution in [-0.2, 0) is 42.0 Å². The van der Waals surface area contributed by atoms with Gasteiger partial charge in [-0.3, -0.25) is 19.3 Å². The summed E-state index contributed by atoms with van der Waals surface area (Å²) in [6.45, 7) is 6.47. The van der Waals surface area contributed by atoms with Gasteiger partial charge in [-0.2, -0.15) is 8.78 Å². The number of rotatable bonds is 18. The van der Waals surface area contributed by atoms with E-state index in [4.69, 9.17) is 4.74 Å². The van der Waals surface area contributed by atoms with Crippen LogP contribution in [0.4, 0.5) is 8.78 Å². The van der Waals surface area contributed by atoms with Gasteiger partial charge in [0.05, 0.1) is 30.3 Å². The van der Waals surface area contributed by atoms with Gasteiger partial charge in [0.15, 0.2) is 0 Å². The Morgan fingerprint density at radius 2 is 1.63 bits per heavy atom. The van der Waals surface area contributed by atoms with Gasteiger partial charge in [-0.1, -0.05) is 62.4 Å². The van der Waals surface area contributed by atoms with Gasteiger partial charge in [-0.25, -0.2) is 18.1 Å². The highest BCUT2D eigenvalue weighted by Gasteiger charge is 2.62. The highest BCUT2D eigenvalue weighted by molar-refractivity contribution is 7.90. The number of aliphatic hydroxyl groups is 2. The third-order valence-electron chi connectivity index (χ3n) is 9.98. The van der Waals surface area contributed by atoms with Gasteiger partial charge >= 0.3 is 5.92 Å². The molecule has 2 heterocycles. The molecule has 0 unspecified atom stereocenters. The number of sulfonamides is 1. The lowest BCUT2D eigenvalue weighted by Gasteiger charge is -2.39. The second-order valence-corrected chi connectivity index (χ2v) is 17.6. The number of hydrogen-bond donors (Lipinski definition) is 7. The van der Waals surface area contributed by atoms with E-state index < -0.39 is 62.3 Å². The largest absolute Gasteiger partial charge is 0.379 e. The van der Waals surface area contributed by atoms with Crippen LogP contribution in [-0.4, -0.2) is 125 Å². The first-order chi connectivity index (χ1) is 25.4. The third kappa shape index (κ3) is 11.7. The maximum atomic E-state index is 15.9. The summed E-state index contributed by atoms with van der Waals surface area (Å²) in [6, 6.07) is 3.64. The zero-order valence-electron chi connectivity index (χ0n) is 31.2. The van der Waals surface area contributed by atoms with Gasteiger partial charge in [0, 0.05) is 44.5 Å². The Labute approximate surface area is 315 Å². The molecule has 1 aromatic heterocycles. The number of imidazole rings is 1. The molecule has 1 aromatic carbocycles. The molecule has 0 bridgehead atoms. The van der Waals surface area contributed by atoms with Crippen LogP contribution >= 0.6 is 0 Å². The van der Waals surface area contributed by atoms with Crippen LogP contribution in [0, 0.1) is 5.92 Å². The Kier molecular flexibility index (Phi) is 15.1. The molecule has 15 nitrogen and oxygen atoms in total. The summed E-state index contributed by atoms with van der Waals surface area (Å²) in [7, 11) is -4.08. The second-order valence-electron chi connectivity index (χ2n) is 15.1. The van der Waals surface area contributed by atoms with Gasteiger partial charge in [0.2, 0.25) is 21.8 Å². The zero-order valence-corrected chi connectivity index (χ0v) is 32.0. The van der Waals surface area contributed by atoms with Crippen molar-refractivity contribution in [3.63, 3.8) is 0 Å². The van der Waals surface area contributed by atoms with Crippen LogP contribution in [0.1, 0.15) is 70.6 Å². The molecule has 7 N–H and O–H groups in total. The number of ether oxygens (including phenoxy) is 1. The van der Waals surface area contributed by atoms with E-state index in [0.717, 1.165) is 19.3 Å². The lowest BCUT2D eigenvalue weighted by atomic mass is 9.81. The fourth-order valence-electron chi connectivity index (χ4n) is 6.50. The number of carbonyl (C=O) groups is 3. The molecule has 2 aromatic rings. The monoisotopic (exact) mass is 783 g/mol. The van der Waals surface area contributed by atoms with E-state index in [0.29, 0.717) is 50.4 Å². The second kappa shape index (κ2) is 18.9. The van der Waals surface area contributed by atoms with Crippen LogP contribution in [0.3, 0.4) is 0 Å². The molecule has 0 spiro atoms. The molecule has 54 heavy (non-hydrogen) atoms. The maximum absolute atomic E-state index is 15.9. The van der Waals surface area contributed by atoms with E-state index in [9.17, 15) is 33.0 Å². The third-order valence-corrected chi connectivity index (χ3v) is 12.2. The fourth-order valence-corrected chi connectivity index (χ4v) is 7.42. The molecule has 1 aliphatic heterocycles. The topological polar surface area (TPSA) is 215 Å². The van der Waals surface area contributed by atoms with Gasteiger partial charge in [0.25, 0.3) is 11.7 Å². The van der Waals surface area contributed by atoms with Crippen molar-refractivity contribution < 1.29 is 46.5 Å². The molecule has 1 aliphatic carbocycles. The average Bonchev–Trinajstić information content (AvgIpc) is 3.64. The van der Waals surface area contributed by atoms with Gasteiger partial charge in [-0.05, 0) is 45.1 Å². The predicted molar refractivity (Wildman–Crippen MR) is 195 cm³/mol. The Morgan fingerprint density at radius 1 is 0.981 bits per heavy atom. The number of benzene rings is 1. The molecule has 1 saturated carbocycles. The van der Waals surface area contributed by atoms with Crippen molar-refractivity contribution in [1.82, 2.24) is 35.5 Å². The number of nitrogens with zero attached hydrogens (tertiary/aromatic N) is 2. The predicted octanol–water partition coefficient (Wildman–Crippen LogP) is 0.986. The molecule has 2 fully saturated rings. The number of aromatic nitrogens is 2. The Hall–Kier alpha value is -3.55. The van der Waals surface area contributed by atoms with Crippen LogP contribution in [0.25, 0.3) is 0 Å². The average molecular weight is 784 g/mol. The van der Waals surface area contributed by atoms with Gasteiger partial charge < -0.3 is 35.9 Å². The first-order valence-corrected chi connectivity index (χ1v) is 19.9. The van der Waals surface area contributed by atoms with Gasteiger partial charge in [0.1, 0.15) is 12.1 Å². The van der Waals surface area contributed by atoms with Crippen LogP contribution in [0.2, 0.25) is 0 Å². The highest BCUT2D eigenvalue weighted by Crippen LogP contribution is 2.36. The number of aromatic amines is 1. The Bertz CT molecular complexity index is 1610. The number of H-pyrrole nitrogens is 1. The summed E-state index contributed by atoms with van der Waals surface area (Å²) in [4.78, 5) is 49.6. The summed E-state index contributed by atoms with van der Waals surface area (Å²) in [5.41, 5.74) is 0.977. The number of carbonyl (C=O) groups excluding carboxylic acids is 3. The Balaban J connectivity index is 1.59. The standard InChI is InChI=1S/C36H55F2N7O8S/c1-34(2,3)54(51,52)44-29(20-25-10-6-4-7-11-25)32(47)42-28(22-27-23-39-24-41-27)31(46)43-30(21-26-12-8-5-9-13-26)36(49,50)35(37,38)33(48)40-14-15-45-16-18-53-19-17-45/h4,6-7,10-11,23-24,26,28-30,44,49-50H,5,8-9,12-22H2,1-3H3,(H,39,41)(H,40,48)(H,42,47)(H,43,46)/t28-,29-,30-/m0/s1. The van der Waals surface area contributed by atoms with Crippen molar-refractivity contribution in [1.29, 1.82) is 0 Å². The molecule has 0 radical (unpaired) electrons. The zero-order chi connectivity index (χ0) is 39.6. The van der Waals surface area contributed by atoms with Gasteiger partial charge in [-0.15, -0.1) is 0 Å². The van der Waals surface area contributed by atoms with Crippen molar-refractivity contribution in [2.75, 3.05) is 39.4 Å². The normalized spacial score (nSPS) is 18.4. The molecule has 302 valence electrons. The summed E-state index contributed by atoms with van der Waals surface area (Å²) >= 11 is 0. The van der Waals surface area contributed by atoms with Crippen LogP contribution in [0.15, 0.2) is 42.9 Å². The van der Waals surface area contributed by atoms with Crippen LogP contribution < -0.4 is 20.7 Å². The quantitative estimate of drug-likeness (QED) is 0.107. The molecular formula is C36H55F2N7O8S. The molecule has 3 amide bonds. The summed E-state index contributed by atoms with van der Waals surface area (Å²) in [6.07, 6.45) is 5.73. The number of alkyl halides is 2. The first kappa shape index (κ1) is 43.2. The molecule has 4 rings (SSSR count). The highest BCUT2D eigenvalue weighted by atomic mass is 32.2. The van der Waals surface area contributed by atoms with E-state index in [1.54, 1.807) is 30.3 Å². The number of amides is 3. The summed E-state index contributed by atoms with van der Waals surface area (Å²) in [5, 5.41) is 29.4.